The lowest BCUT2D eigenvalue weighted by Crippen LogP contribution is -2.29. The minimum Gasteiger partial charge on any atom is -0.316 e. The minimum absolute atomic E-state index is 0.602. The van der Waals surface area contributed by atoms with Crippen LogP contribution < -0.4 is 5.32 Å². The first-order valence-electron chi connectivity index (χ1n) is 7.62. The summed E-state index contributed by atoms with van der Waals surface area (Å²) in [6, 6.07) is 11.0. The molecule has 1 unspecified atom stereocenters. The Morgan fingerprint density at radius 2 is 2.10 bits per heavy atom. The molecule has 1 aliphatic heterocycles. The van der Waals surface area contributed by atoms with Gasteiger partial charge in [-0.05, 0) is 37.4 Å². The van der Waals surface area contributed by atoms with Gasteiger partial charge < -0.3 is 5.32 Å². The van der Waals surface area contributed by atoms with Crippen molar-refractivity contribution in [3.05, 3.63) is 41.6 Å². The fraction of sp³-hybridized carbons (Fsp3) is 0.471. The van der Waals surface area contributed by atoms with Gasteiger partial charge in [0, 0.05) is 30.8 Å². The smallest absolute Gasteiger partial charge is 0.0926 e. The molecule has 3 nitrogen and oxygen atoms in total. The van der Waals surface area contributed by atoms with Crippen LogP contribution in [0.1, 0.15) is 36.9 Å². The molecule has 1 aromatic carbocycles. The maximum atomic E-state index is 4.70. The molecule has 3 heteroatoms. The van der Waals surface area contributed by atoms with Crippen LogP contribution in [0.25, 0.3) is 11.3 Å². The van der Waals surface area contributed by atoms with Crippen molar-refractivity contribution in [1.82, 2.24) is 15.1 Å². The van der Waals surface area contributed by atoms with Crippen molar-refractivity contribution in [3.8, 4) is 11.3 Å². The van der Waals surface area contributed by atoms with Crippen molar-refractivity contribution in [2.75, 3.05) is 13.1 Å². The Hall–Kier alpha value is -1.61. The van der Waals surface area contributed by atoms with Crippen molar-refractivity contribution in [2.24, 2.45) is 7.05 Å². The highest BCUT2D eigenvalue weighted by atomic mass is 15.3. The van der Waals surface area contributed by atoms with Gasteiger partial charge in [0.2, 0.25) is 0 Å². The summed E-state index contributed by atoms with van der Waals surface area (Å²) in [5.74, 6) is 0.602. The summed E-state index contributed by atoms with van der Waals surface area (Å²) in [6.07, 6.45) is 3.61. The van der Waals surface area contributed by atoms with E-state index >= 15 is 0 Å². The predicted octanol–water partition coefficient (Wildman–Crippen LogP) is 3.12. The molecular weight excluding hydrogens is 246 g/mol. The molecule has 0 amide bonds. The van der Waals surface area contributed by atoms with Gasteiger partial charge in [-0.15, -0.1) is 0 Å². The molecule has 3 rings (SSSR count). The number of aryl methyl sites for hydroxylation is 2. The summed E-state index contributed by atoms with van der Waals surface area (Å²) in [7, 11) is 2.06. The lowest BCUT2D eigenvalue weighted by atomic mass is 9.95. The Balaban J connectivity index is 1.86. The van der Waals surface area contributed by atoms with E-state index in [0.717, 1.165) is 25.2 Å². The van der Waals surface area contributed by atoms with Crippen LogP contribution in [-0.4, -0.2) is 22.9 Å². The number of aromatic nitrogens is 2. The van der Waals surface area contributed by atoms with Crippen LogP contribution in [0.15, 0.2) is 30.3 Å². The molecule has 0 saturated carbocycles. The van der Waals surface area contributed by atoms with Crippen molar-refractivity contribution >= 4 is 0 Å². The van der Waals surface area contributed by atoms with Crippen LogP contribution in [0, 0.1) is 0 Å². The zero-order chi connectivity index (χ0) is 13.9. The van der Waals surface area contributed by atoms with Crippen LogP contribution >= 0.6 is 0 Å². The zero-order valence-electron chi connectivity index (χ0n) is 12.4. The van der Waals surface area contributed by atoms with Gasteiger partial charge in [0.15, 0.2) is 0 Å². The number of rotatable bonds is 3. The fourth-order valence-electron chi connectivity index (χ4n) is 3.02. The number of benzene rings is 1. The molecule has 1 fully saturated rings. The molecule has 20 heavy (non-hydrogen) atoms. The van der Waals surface area contributed by atoms with E-state index in [4.69, 9.17) is 5.10 Å². The molecule has 0 bridgehead atoms. The van der Waals surface area contributed by atoms with Crippen LogP contribution in [0.2, 0.25) is 0 Å². The lowest BCUT2D eigenvalue weighted by Gasteiger charge is -2.22. The Kier molecular flexibility index (Phi) is 3.88. The normalized spacial score (nSPS) is 19.2. The largest absolute Gasteiger partial charge is 0.316 e. The second-order valence-electron chi connectivity index (χ2n) is 5.67. The number of hydrogen-bond acceptors (Lipinski definition) is 2. The van der Waals surface area contributed by atoms with E-state index in [0.29, 0.717) is 5.92 Å². The number of nitrogens with one attached hydrogen (secondary N) is 1. The molecule has 1 aromatic heterocycles. The fourth-order valence-corrected chi connectivity index (χ4v) is 3.02. The first-order valence-corrected chi connectivity index (χ1v) is 7.62. The summed E-state index contributed by atoms with van der Waals surface area (Å²) < 4.78 is 2.06. The van der Waals surface area contributed by atoms with Crippen LogP contribution in [-0.2, 0) is 13.5 Å². The van der Waals surface area contributed by atoms with E-state index in [1.165, 1.54) is 29.7 Å². The van der Waals surface area contributed by atoms with E-state index in [1.54, 1.807) is 0 Å². The average Bonchev–Trinajstić information content (AvgIpc) is 2.90. The van der Waals surface area contributed by atoms with Crippen molar-refractivity contribution in [1.29, 1.82) is 0 Å². The van der Waals surface area contributed by atoms with Crippen molar-refractivity contribution < 1.29 is 0 Å². The third-order valence-corrected chi connectivity index (χ3v) is 4.29. The van der Waals surface area contributed by atoms with Crippen LogP contribution in [0.5, 0.6) is 0 Å². The summed E-state index contributed by atoms with van der Waals surface area (Å²) in [5.41, 5.74) is 5.04. The molecule has 0 aliphatic carbocycles. The van der Waals surface area contributed by atoms with E-state index in [-0.39, 0.29) is 0 Å². The summed E-state index contributed by atoms with van der Waals surface area (Å²) in [4.78, 5) is 0. The molecular formula is C17H23N3. The van der Waals surface area contributed by atoms with Gasteiger partial charge >= 0.3 is 0 Å². The Bertz CT molecular complexity index is 562. The van der Waals surface area contributed by atoms with Gasteiger partial charge in [0.05, 0.1) is 5.69 Å². The molecule has 106 valence electrons. The molecule has 1 N–H and O–H groups in total. The Labute approximate surface area is 121 Å². The first kappa shape index (κ1) is 13.4. The second-order valence-corrected chi connectivity index (χ2v) is 5.67. The third-order valence-electron chi connectivity index (χ3n) is 4.29. The first-order chi connectivity index (χ1) is 9.78. The second kappa shape index (κ2) is 5.80. The SMILES string of the molecule is CCc1ccc(-c2cc(C3CCCNC3)n(C)n2)cc1. The summed E-state index contributed by atoms with van der Waals surface area (Å²) in [6.45, 7) is 4.41. The molecule has 1 atom stereocenters. The lowest BCUT2D eigenvalue weighted by molar-refractivity contribution is 0.441. The number of piperidine rings is 1. The average molecular weight is 269 g/mol. The van der Waals surface area contributed by atoms with E-state index < -0.39 is 0 Å². The monoisotopic (exact) mass is 269 g/mol. The van der Waals surface area contributed by atoms with Crippen LogP contribution in [0.3, 0.4) is 0 Å². The van der Waals surface area contributed by atoms with Gasteiger partial charge in [-0.2, -0.15) is 5.10 Å². The highest BCUT2D eigenvalue weighted by molar-refractivity contribution is 5.60. The molecule has 2 aromatic rings. The van der Waals surface area contributed by atoms with Gasteiger partial charge in [-0.1, -0.05) is 31.2 Å². The van der Waals surface area contributed by atoms with Gasteiger partial charge in [-0.25, -0.2) is 0 Å². The summed E-state index contributed by atoms with van der Waals surface area (Å²) in [5, 5.41) is 8.18. The molecule has 0 spiro atoms. The molecule has 1 saturated heterocycles. The van der Waals surface area contributed by atoms with Gasteiger partial charge in [0.1, 0.15) is 0 Å². The maximum absolute atomic E-state index is 4.70. The Morgan fingerprint density at radius 3 is 2.75 bits per heavy atom. The third kappa shape index (κ3) is 2.63. The van der Waals surface area contributed by atoms with E-state index in [2.05, 4.69) is 54.3 Å². The number of nitrogens with zero attached hydrogens (tertiary/aromatic N) is 2. The Morgan fingerprint density at radius 1 is 1.30 bits per heavy atom. The van der Waals surface area contributed by atoms with Crippen molar-refractivity contribution in [3.63, 3.8) is 0 Å². The topological polar surface area (TPSA) is 29.9 Å². The molecule has 2 heterocycles. The highest BCUT2D eigenvalue weighted by Gasteiger charge is 2.19. The van der Waals surface area contributed by atoms with Gasteiger partial charge in [-0.3, -0.25) is 4.68 Å². The predicted molar refractivity (Wildman–Crippen MR) is 82.9 cm³/mol. The van der Waals surface area contributed by atoms with E-state index in [9.17, 15) is 0 Å². The highest BCUT2D eigenvalue weighted by Crippen LogP contribution is 2.27. The number of hydrogen-bond donors (Lipinski definition) is 1. The van der Waals surface area contributed by atoms with Crippen LogP contribution in [0.4, 0.5) is 0 Å². The zero-order valence-corrected chi connectivity index (χ0v) is 12.4. The summed E-state index contributed by atoms with van der Waals surface area (Å²) >= 11 is 0. The van der Waals surface area contributed by atoms with Gasteiger partial charge in [0.25, 0.3) is 0 Å². The maximum Gasteiger partial charge on any atom is 0.0926 e. The molecule has 0 radical (unpaired) electrons. The van der Waals surface area contributed by atoms with Crippen molar-refractivity contribution in [2.45, 2.75) is 32.1 Å². The standard InChI is InChI=1S/C17H23N3/c1-3-13-6-8-14(9-7-13)16-11-17(20(2)19-16)15-5-4-10-18-12-15/h6-9,11,15,18H,3-5,10,12H2,1-2H3. The minimum atomic E-state index is 0.602. The van der Waals surface area contributed by atoms with E-state index in [1.807, 2.05) is 0 Å². The quantitative estimate of drug-likeness (QED) is 0.928. The molecule has 1 aliphatic rings.